The van der Waals surface area contributed by atoms with Crippen LogP contribution in [0.2, 0.25) is 0 Å². The number of piperidine rings is 1. The molecule has 0 spiro atoms. The lowest BCUT2D eigenvalue weighted by Crippen LogP contribution is -2.41. The highest BCUT2D eigenvalue weighted by atomic mass is 32.2. The van der Waals surface area contributed by atoms with Crippen LogP contribution in [0.25, 0.3) is 0 Å². The number of sulfonamides is 2. The molecule has 0 unspecified atom stereocenters. The summed E-state index contributed by atoms with van der Waals surface area (Å²) in [5.74, 6) is 0.532. The molecule has 26 heavy (non-hydrogen) atoms. The van der Waals surface area contributed by atoms with Gasteiger partial charge in [0.2, 0.25) is 20.0 Å². The van der Waals surface area contributed by atoms with Gasteiger partial charge in [0.15, 0.2) is 0 Å². The Labute approximate surface area is 157 Å². The molecule has 0 saturated carbocycles. The number of hydrogen-bond donors (Lipinski definition) is 0. The minimum absolute atomic E-state index is 0.147. The maximum atomic E-state index is 12.9. The summed E-state index contributed by atoms with van der Waals surface area (Å²) in [6.07, 6.45) is 2.05. The Morgan fingerprint density at radius 2 is 1.73 bits per heavy atom. The standard InChI is InChI=1S/C17H28N2O5S2/c1-14(2)13-18(3)26(22,23)17-8-6-5-7-16(17)24-15-9-11-19(12-10-15)25(4,20)21/h5-8,14-15H,9-13H2,1-4H3. The Bertz CT molecular complexity index is 813. The van der Waals surface area contributed by atoms with Crippen LogP contribution in [0.3, 0.4) is 0 Å². The molecular weight excluding hydrogens is 376 g/mol. The molecule has 1 aromatic carbocycles. The van der Waals surface area contributed by atoms with E-state index < -0.39 is 20.0 Å². The Morgan fingerprint density at radius 1 is 1.15 bits per heavy atom. The summed E-state index contributed by atoms with van der Waals surface area (Å²) in [6.45, 7) is 5.11. The van der Waals surface area contributed by atoms with E-state index in [-0.39, 0.29) is 16.9 Å². The monoisotopic (exact) mass is 404 g/mol. The van der Waals surface area contributed by atoms with Crippen molar-refractivity contribution in [1.29, 1.82) is 0 Å². The fourth-order valence-electron chi connectivity index (χ4n) is 3.00. The van der Waals surface area contributed by atoms with E-state index in [2.05, 4.69) is 0 Å². The van der Waals surface area contributed by atoms with Gasteiger partial charge in [-0.3, -0.25) is 0 Å². The van der Waals surface area contributed by atoms with E-state index >= 15 is 0 Å². The molecule has 9 heteroatoms. The van der Waals surface area contributed by atoms with Crippen molar-refractivity contribution in [2.24, 2.45) is 5.92 Å². The third kappa shape index (κ3) is 5.18. The molecule has 1 aliphatic rings. The first-order valence-electron chi connectivity index (χ1n) is 8.69. The Balaban J connectivity index is 2.15. The van der Waals surface area contributed by atoms with Crippen LogP contribution in [0.5, 0.6) is 5.75 Å². The van der Waals surface area contributed by atoms with Crippen molar-refractivity contribution in [3.05, 3.63) is 24.3 Å². The number of rotatable bonds is 7. The van der Waals surface area contributed by atoms with Crippen LogP contribution in [-0.4, -0.2) is 64.5 Å². The average Bonchev–Trinajstić information content (AvgIpc) is 2.54. The van der Waals surface area contributed by atoms with Gasteiger partial charge in [-0.05, 0) is 30.9 Å². The molecule has 2 rings (SSSR count). The number of hydrogen-bond acceptors (Lipinski definition) is 5. The van der Waals surface area contributed by atoms with Gasteiger partial charge >= 0.3 is 0 Å². The fraction of sp³-hybridized carbons (Fsp3) is 0.647. The predicted molar refractivity (Wildman–Crippen MR) is 101 cm³/mol. The van der Waals surface area contributed by atoms with Crippen LogP contribution in [0.15, 0.2) is 29.2 Å². The van der Waals surface area contributed by atoms with Crippen LogP contribution < -0.4 is 4.74 Å². The van der Waals surface area contributed by atoms with Crippen LogP contribution in [0, 0.1) is 5.92 Å². The third-order valence-electron chi connectivity index (χ3n) is 4.32. The first-order chi connectivity index (χ1) is 12.0. The SMILES string of the molecule is CC(C)CN(C)S(=O)(=O)c1ccccc1OC1CCN(S(C)(=O)=O)CC1. The summed E-state index contributed by atoms with van der Waals surface area (Å²) < 4.78 is 57.7. The molecule has 0 radical (unpaired) electrons. The molecular formula is C17H28N2O5S2. The zero-order chi connectivity index (χ0) is 19.5. The molecule has 148 valence electrons. The molecule has 7 nitrogen and oxygen atoms in total. The normalized spacial score (nSPS) is 17.8. The highest BCUT2D eigenvalue weighted by Gasteiger charge is 2.29. The smallest absolute Gasteiger partial charge is 0.246 e. The van der Waals surface area contributed by atoms with E-state index in [9.17, 15) is 16.8 Å². The molecule has 0 atom stereocenters. The van der Waals surface area contributed by atoms with Crippen LogP contribution in [0.1, 0.15) is 26.7 Å². The maximum Gasteiger partial charge on any atom is 0.246 e. The van der Waals surface area contributed by atoms with E-state index in [1.807, 2.05) is 13.8 Å². The Hall–Kier alpha value is -1.16. The number of ether oxygens (including phenoxy) is 1. The summed E-state index contributed by atoms with van der Waals surface area (Å²) in [5, 5.41) is 0. The Kier molecular flexibility index (Phi) is 6.70. The van der Waals surface area contributed by atoms with Gasteiger partial charge in [0.1, 0.15) is 16.7 Å². The Morgan fingerprint density at radius 3 is 2.27 bits per heavy atom. The summed E-state index contributed by atoms with van der Waals surface area (Å²) in [5.41, 5.74) is 0. The summed E-state index contributed by atoms with van der Waals surface area (Å²) >= 11 is 0. The molecule has 1 aliphatic heterocycles. The molecule has 0 aliphatic carbocycles. The fourth-order valence-corrected chi connectivity index (χ4v) is 5.33. The third-order valence-corrected chi connectivity index (χ3v) is 7.49. The van der Waals surface area contributed by atoms with Gasteiger partial charge in [0.05, 0.1) is 6.26 Å². The zero-order valence-corrected chi connectivity index (χ0v) is 17.4. The van der Waals surface area contributed by atoms with Gasteiger partial charge in [0.25, 0.3) is 0 Å². The first-order valence-corrected chi connectivity index (χ1v) is 12.0. The van der Waals surface area contributed by atoms with E-state index in [1.165, 1.54) is 14.9 Å². The maximum absolute atomic E-state index is 12.9. The minimum Gasteiger partial charge on any atom is -0.489 e. The number of benzene rings is 1. The van der Waals surface area contributed by atoms with E-state index in [0.717, 1.165) is 0 Å². The van der Waals surface area contributed by atoms with E-state index in [4.69, 9.17) is 4.74 Å². The van der Waals surface area contributed by atoms with Crippen molar-refractivity contribution < 1.29 is 21.6 Å². The lowest BCUT2D eigenvalue weighted by molar-refractivity contribution is 0.132. The lowest BCUT2D eigenvalue weighted by Gasteiger charge is -2.31. The molecule has 1 fully saturated rings. The topological polar surface area (TPSA) is 84.0 Å². The average molecular weight is 405 g/mol. The summed E-state index contributed by atoms with van der Waals surface area (Å²) in [4.78, 5) is 0.147. The van der Waals surface area contributed by atoms with Crippen LogP contribution >= 0.6 is 0 Å². The van der Waals surface area contributed by atoms with E-state index in [1.54, 1.807) is 31.3 Å². The van der Waals surface area contributed by atoms with Gasteiger partial charge in [0, 0.05) is 26.7 Å². The first kappa shape index (κ1) is 21.1. The molecule has 0 N–H and O–H groups in total. The summed E-state index contributed by atoms with van der Waals surface area (Å²) in [6, 6.07) is 6.61. The van der Waals surface area contributed by atoms with Crippen molar-refractivity contribution in [3.8, 4) is 5.75 Å². The van der Waals surface area contributed by atoms with Gasteiger partial charge in [-0.2, -0.15) is 0 Å². The van der Waals surface area contributed by atoms with Crippen molar-refractivity contribution >= 4 is 20.0 Å². The molecule has 1 aromatic rings. The predicted octanol–water partition coefficient (Wildman–Crippen LogP) is 1.77. The number of nitrogens with zero attached hydrogens (tertiary/aromatic N) is 2. The quantitative estimate of drug-likeness (QED) is 0.691. The van der Waals surface area contributed by atoms with Crippen molar-refractivity contribution in [2.75, 3.05) is 32.9 Å². The lowest BCUT2D eigenvalue weighted by atomic mass is 10.1. The second-order valence-electron chi connectivity index (χ2n) is 7.11. The molecule has 0 bridgehead atoms. The van der Waals surface area contributed by atoms with Gasteiger partial charge < -0.3 is 4.74 Å². The molecule has 0 amide bonds. The highest BCUT2D eigenvalue weighted by molar-refractivity contribution is 7.89. The molecule has 1 heterocycles. The minimum atomic E-state index is -3.65. The molecule has 1 saturated heterocycles. The second-order valence-corrected chi connectivity index (χ2v) is 11.1. The van der Waals surface area contributed by atoms with Gasteiger partial charge in [-0.15, -0.1) is 0 Å². The summed E-state index contributed by atoms with van der Waals surface area (Å²) in [7, 11) is -5.28. The van der Waals surface area contributed by atoms with Crippen LogP contribution in [0.4, 0.5) is 0 Å². The van der Waals surface area contributed by atoms with Crippen molar-refractivity contribution in [1.82, 2.24) is 8.61 Å². The van der Waals surface area contributed by atoms with Gasteiger partial charge in [-0.1, -0.05) is 26.0 Å². The largest absolute Gasteiger partial charge is 0.489 e. The molecule has 0 aromatic heterocycles. The van der Waals surface area contributed by atoms with Crippen molar-refractivity contribution in [3.63, 3.8) is 0 Å². The van der Waals surface area contributed by atoms with Gasteiger partial charge in [-0.25, -0.2) is 25.4 Å². The van der Waals surface area contributed by atoms with Crippen molar-refractivity contribution in [2.45, 2.75) is 37.7 Å². The van der Waals surface area contributed by atoms with E-state index in [0.29, 0.717) is 38.2 Å². The number of para-hydroxylation sites is 1. The highest BCUT2D eigenvalue weighted by Crippen LogP contribution is 2.29. The second kappa shape index (κ2) is 8.24. The van der Waals surface area contributed by atoms with Crippen LogP contribution in [-0.2, 0) is 20.0 Å². The zero-order valence-electron chi connectivity index (χ0n) is 15.8.